The molecule has 4 aromatic rings. The zero-order valence-corrected chi connectivity index (χ0v) is 29.6. The van der Waals surface area contributed by atoms with Gasteiger partial charge in [-0.2, -0.15) is 15.4 Å². The summed E-state index contributed by atoms with van der Waals surface area (Å²) in [4.78, 5) is 31.2. The molecule has 0 radical (unpaired) electrons. The first kappa shape index (κ1) is 37.8. The number of rotatable bonds is 13. The molecule has 18 nitrogen and oxygen atoms in total. The molecule has 6 atom stereocenters. The zero-order chi connectivity index (χ0) is 37.3. The Hall–Kier alpha value is -3.98. The average Bonchev–Trinajstić information content (AvgIpc) is 3.66. The Labute approximate surface area is 296 Å². The van der Waals surface area contributed by atoms with Crippen molar-refractivity contribution < 1.29 is 57.0 Å². The van der Waals surface area contributed by atoms with E-state index in [-0.39, 0.29) is 28.6 Å². The Kier molecular flexibility index (Phi) is 11.0. The standard InChI is InChI=1S/C32H38N6O12P2/c1-20(31(41)48-22-10-3-2-4-11-22)36-51(42,50-25-13-7-9-21-8-5-6-12-23(21)25)46-16-26-28(39)29(40)32(17-33,49-26)27-15-14-24-30(34)37(18-35-38(24)27)19-47-52(43,44)45/h5-9,12-15,18,20,22,26,28-29,34,39-40H,2-4,10-11,16,19H2,1H3,(H,36,42)(H2,43,44,45)/t20-,26+,28+,29+,32-,51?/m0/s1. The average molecular weight is 761 g/mol. The van der Waals surface area contributed by atoms with Crippen molar-refractivity contribution in [2.75, 3.05) is 6.61 Å². The smallest absolute Gasteiger partial charge is 0.461 e. The Balaban J connectivity index is 1.25. The van der Waals surface area contributed by atoms with Gasteiger partial charge in [-0.15, -0.1) is 0 Å². The molecular weight excluding hydrogens is 722 g/mol. The number of hydrogen-bond donors (Lipinski definition) is 6. The van der Waals surface area contributed by atoms with Gasteiger partial charge in [-0.3, -0.25) is 23.8 Å². The van der Waals surface area contributed by atoms with Crippen molar-refractivity contribution in [1.82, 2.24) is 19.3 Å². The molecule has 1 saturated heterocycles. The van der Waals surface area contributed by atoms with Crippen LogP contribution in [0, 0.1) is 16.7 Å². The third-order valence-electron chi connectivity index (χ3n) is 8.98. The van der Waals surface area contributed by atoms with Gasteiger partial charge in [-0.05, 0) is 56.2 Å². The second-order valence-electron chi connectivity index (χ2n) is 12.6. The van der Waals surface area contributed by atoms with Crippen LogP contribution in [-0.4, -0.2) is 77.2 Å². The zero-order valence-electron chi connectivity index (χ0n) is 27.8. The molecule has 6 N–H and O–H groups in total. The van der Waals surface area contributed by atoms with E-state index in [1.165, 1.54) is 19.1 Å². The molecule has 0 bridgehead atoms. The second kappa shape index (κ2) is 15.2. The molecule has 3 heterocycles. The first-order valence-corrected chi connectivity index (χ1v) is 19.5. The Morgan fingerprint density at radius 2 is 1.85 bits per heavy atom. The van der Waals surface area contributed by atoms with E-state index in [0.29, 0.717) is 5.39 Å². The molecule has 1 unspecified atom stereocenters. The number of phosphoric acid groups is 1. The van der Waals surface area contributed by atoms with Crippen LogP contribution < -0.4 is 15.1 Å². The number of aliphatic hydroxyl groups is 2. The van der Waals surface area contributed by atoms with Crippen LogP contribution in [0.4, 0.5) is 0 Å². The summed E-state index contributed by atoms with van der Waals surface area (Å²) in [5.41, 5.74) is -2.65. The van der Waals surface area contributed by atoms with E-state index in [1.54, 1.807) is 24.3 Å². The van der Waals surface area contributed by atoms with Crippen molar-refractivity contribution in [3.8, 4) is 11.8 Å². The van der Waals surface area contributed by atoms with E-state index < -0.39 is 64.8 Å². The van der Waals surface area contributed by atoms with Crippen molar-refractivity contribution >= 4 is 37.8 Å². The molecule has 2 aliphatic rings. The van der Waals surface area contributed by atoms with Gasteiger partial charge in [0.15, 0.2) is 5.49 Å². The third kappa shape index (κ3) is 7.85. The number of esters is 1. The molecule has 1 saturated carbocycles. The van der Waals surface area contributed by atoms with E-state index in [4.69, 9.17) is 33.7 Å². The lowest BCUT2D eigenvalue weighted by Crippen LogP contribution is -2.41. The number of ether oxygens (including phenoxy) is 2. The summed E-state index contributed by atoms with van der Waals surface area (Å²) in [7, 11) is -9.37. The molecule has 0 amide bonds. The summed E-state index contributed by atoms with van der Waals surface area (Å²) in [5.74, 6) is -0.495. The second-order valence-corrected chi connectivity index (χ2v) is 15.5. The number of carbonyl (C=O) groups is 1. The SMILES string of the molecule is C[C@H](NP(=O)(OC[C@H]1O[C@@](C#N)(c2ccc3c(=N)n(COP(=O)(O)O)cnn23)[C@H](O)[C@@H]1O)Oc1cccc2ccccc12)C(=O)OC1CCCCC1. The molecule has 20 heteroatoms. The van der Waals surface area contributed by atoms with Crippen LogP contribution in [0.15, 0.2) is 60.9 Å². The minimum absolute atomic E-state index is 0.0396. The molecule has 2 fully saturated rings. The lowest BCUT2D eigenvalue weighted by atomic mass is 9.92. The maximum Gasteiger partial charge on any atom is 0.471 e. The van der Waals surface area contributed by atoms with Gasteiger partial charge in [0, 0.05) is 5.39 Å². The van der Waals surface area contributed by atoms with Gasteiger partial charge in [0.2, 0.25) is 5.60 Å². The highest BCUT2D eigenvalue weighted by Crippen LogP contribution is 2.48. The van der Waals surface area contributed by atoms with Gasteiger partial charge in [0.25, 0.3) is 0 Å². The number of carbonyl (C=O) groups excluding carboxylic acids is 1. The van der Waals surface area contributed by atoms with Crippen molar-refractivity contribution in [3.63, 3.8) is 0 Å². The van der Waals surface area contributed by atoms with E-state index >= 15 is 0 Å². The normalized spacial score (nSPS) is 24.3. The minimum Gasteiger partial charge on any atom is -0.461 e. The fourth-order valence-electron chi connectivity index (χ4n) is 6.29. The number of aromatic nitrogens is 3. The van der Waals surface area contributed by atoms with E-state index in [1.807, 2.05) is 24.3 Å². The summed E-state index contributed by atoms with van der Waals surface area (Å²) in [6.07, 6.45) is -0.0391. The van der Waals surface area contributed by atoms with Gasteiger partial charge >= 0.3 is 21.5 Å². The summed E-state index contributed by atoms with van der Waals surface area (Å²) >= 11 is 0. The first-order valence-electron chi connectivity index (χ1n) is 16.4. The first-order chi connectivity index (χ1) is 24.7. The monoisotopic (exact) mass is 760 g/mol. The van der Waals surface area contributed by atoms with E-state index in [0.717, 1.165) is 52.9 Å². The fourth-order valence-corrected chi connectivity index (χ4v) is 8.09. The summed E-state index contributed by atoms with van der Waals surface area (Å²) in [5, 5.41) is 49.3. The number of hydrogen-bond acceptors (Lipinski definition) is 13. The molecule has 278 valence electrons. The number of aliphatic hydroxyl groups excluding tert-OH is 2. The van der Waals surface area contributed by atoms with Crippen LogP contribution >= 0.6 is 15.6 Å². The number of nitrogens with one attached hydrogen (secondary N) is 2. The maximum absolute atomic E-state index is 14.5. The maximum atomic E-state index is 14.5. The summed E-state index contributed by atoms with van der Waals surface area (Å²) < 4.78 is 55.6. The molecule has 0 spiro atoms. The van der Waals surface area contributed by atoms with Crippen molar-refractivity contribution in [2.24, 2.45) is 0 Å². The van der Waals surface area contributed by atoms with Gasteiger partial charge in [-0.1, -0.05) is 42.8 Å². The highest BCUT2D eigenvalue weighted by atomic mass is 31.2. The number of nitriles is 1. The molecule has 1 aliphatic carbocycles. The van der Waals surface area contributed by atoms with Crippen molar-refractivity contribution in [3.05, 3.63) is 72.1 Å². The highest BCUT2D eigenvalue weighted by Gasteiger charge is 2.58. The lowest BCUT2D eigenvalue weighted by Gasteiger charge is -2.27. The quantitative estimate of drug-likeness (QED) is 0.0846. The predicted octanol–water partition coefficient (Wildman–Crippen LogP) is 2.73. The fraction of sp³-hybridized carbons (Fsp3) is 0.438. The van der Waals surface area contributed by atoms with Gasteiger partial charge in [0.05, 0.1) is 12.3 Å². The summed E-state index contributed by atoms with van der Waals surface area (Å²) in [6, 6.07) is 15.7. The third-order valence-corrected chi connectivity index (χ3v) is 11.1. The molecule has 2 aromatic carbocycles. The predicted molar refractivity (Wildman–Crippen MR) is 180 cm³/mol. The van der Waals surface area contributed by atoms with Gasteiger partial charge < -0.3 is 34.0 Å². The molecule has 2 aromatic heterocycles. The number of fused-ring (bicyclic) bond motifs is 2. The van der Waals surface area contributed by atoms with Crippen LogP contribution in [0.2, 0.25) is 0 Å². The minimum atomic E-state index is -4.86. The number of nitrogens with zero attached hydrogens (tertiary/aromatic N) is 4. The van der Waals surface area contributed by atoms with Crippen LogP contribution in [-0.2, 0) is 44.8 Å². The van der Waals surface area contributed by atoms with Crippen LogP contribution in [0.25, 0.3) is 16.3 Å². The van der Waals surface area contributed by atoms with Gasteiger partial charge in [0.1, 0.15) is 60.9 Å². The summed E-state index contributed by atoms with van der Waals surface area (Å²) in [6.45, 7) is 0.0488. The Morgan fingerprint density at radius 1 is 1.12 bits per heavy atom. The molecule has 1 aliphatic heterocycles. The number of benzene rings is 2. The largest absolute Gasteiger partial charge is 0.471 e. The molecular formula is C32H38N6O12P2. The van der Waals surface area contributed by atoms with Gasteiger partial charge in [-0.25, -0.2) is 13.6 Å². The van der Waals surface area contributed by atoms with Crippen molar-refractivity contribution in [1.29, 1.82) is 10.7 Å². The Bertz CT molecular complexity index is 2140. The van der Waals surface area contributed by atoms with Crippen LogP contribution in [0.1, 0.15) is 44.7 Å². The van der Waals surface area contributed by atoms with Crippen molar-refractivity contribution in [2.45, 2.75) is 81.8 Å². The lowest BCUT2D eigenvalue weighted by molar-refractivity contribution is -0.152. The topological polar surface area (TPSA) is 260 Å². The highest BCUT2D eigenvalue weighted by molar-refractivity contribution is 7.52. The molecule has 52 heavy (non-hydrogen) atoms. The Morgan fingerprint density at radius 3 is 2.58 bits per heavy atom. The van der Waals surface area contributed by atoms with E-state index in [9.17, 15) is 29.4 Å². The molecule has 6 rings (SSSR count). The van der Waals surface area contributed by atoms with Crippen LogP contribution in [0.3, 0.4) is 0 Å². The number of phosphoric ester groups is 1. The van der Waals surface area contributed by atoms with E-state index in [2.05, 4.69) is 14.7 Å². The van der Waals surface area contributed by atoms with Crippen LogP contribution in [0.5, 0.6) is 5.75 Å².